The van der Waals surface area contributed by atoms with Crippen LogP contribution in [0.4, 0.5) is 0 Å². The summed E-state index contributed by atoms with van der Waals surface area (Å²) in [4.78, 5) is 0. The highest BCUT2D eigenvalue weighted by atomic mass is 16.7. The number of hydrogen-bond donors (Lipinski definition) is 0. The Balaban J connectivity index is 2.32. The fourth-order valence-corrected chi connectivity index (χ4v) is 3.80. The second kappa shape index (κ2) is 7.42. The molecule has 150 valence electrons. The van der Waals surface area contributed by atoms with Crippen molar-refractivity contribution in [2.24, 2.45) is 5.92 Å². The van der Waals surface area contributed by atoms with E-state index in [1.54, 1.807) is 0 Å². The van der Waals surface area contributed by atoms with Crippen LogP contribution in [-0.2, 0) is 18.6 Å². The third kappa shape index (κ3) is 4.04. The van der Waals surface area contributed by atoms with Crippen LogP contribution in [0.15, 0.2) is 0 Å². The van der Waals surface area contributed by atoms with Crippen LogP contribution in [0.5, 0.6) is 0 Å². The van der Waals surface area contributed by atoms with E-state index >= 15 is 0 Å². The van der Waals surface area contributed by atoms with Crippen LogP contribution >= 0.6 is 0 Å². The maximum Gasteiger partial charge on any atom is 0.459 e. The topological polar surface area (TPSA) is 36.9 Å². The zero-order valence-corrected chi connectivity index (χ0v) is 18.8. The molecule has 2 aliphatic rings. The first kappa shape index (κ1) is 22.3. The van der Waals surface area contributed by atoms with Crippen molar-refractivity contribution in [2.75, 3.05) is 0 Å². The largest absolute Gasteiger partial charge is 0.459 e. The van der Waals surface area contributed by atoms with E-state index in [0.717, 1.165) is 12.8 Å². The van der Waals surface area contributed by atoms with Crippen molar-refractivity contribution < 1.29 is 18.6 Å². The summed E-state index contributed by atoms with van der Waals surface area (Å²) in [7, 11) is -0.618. The van der Waals surface area contributed by atoms with Crippen LogP contribution in [0.25, 0.3) is 0 Å². The van der Waals surface area contributed by atoms with Gasteiger partial charge in [0.25, 0.3) is 0 Å². The zero-order chi connectivity index (χ0) is 20.0. The van der Waals surface area contributed by atoms with Crippen molar-refractivity contribution in [3.8, 4) is 0 Å². The summed E-state index contributed by atoms with van der Waals surface area (Å²) in [5.74, 6) is 0.444. The molecule has 0 saturated carbocycles. The van der Waals surface area contributed by atoms with E-state index < -0.39 is 0 Å². The third-order valence-electron chi connectivity index (χ3n) is 7.17. The van der Waals surface area contributed by atoms with Gasteiger partial charge in [0.1, 0.15) is 0 Å². The second-order valence-electron chi connectivity index (χ2n) is 10.1. The Bertz CT molecular complexity index is 422. The molecule has 2 heterocycles. The van der Waals surface area contributed by atoms with Crippen LogP contribution in [0.1, 0.15) is 94.9 Å². The molecule has 0 aromatic rings. The number of unbranched alkanes of at least 4 members (excludes halogenated alkanes) is 1. The molecule has 0 aliphatic carbocycles. The maximum atomic E-state index is 6.46. The van der Waals surface area contributed by atoms with E-state index in [4.69, 9.17) is 18.6 Å². The number of hydrogen-bond acceptors (Lipinski definition) is 4. The van der Waals surface area contributed by atoms with Crippen molar-refractivity contribution in [3.05, 3.63) is 0 Å². The molecule has 2 rings (SSSR count). The molecule has 0 spiro atoms. The fraction of sp³-hybridized carbons (Fsp3) is 1.00. The average Bonchev–Trinajstić information content (AvgIpc) is 2.82. The lowest BCUT2D eigenvalue weighted by Gasteiger charge is -2.32. The molecule has 0 N–H and O–H groups in total. The molecule has 0 radical (unpaired) electrons. The first-order valence-corrected chi connectivity index (χ1v) is 10.5. The minimum atomic E-state index is -0.345. The van der Waals surface area contributed by atoms with Gasteiger partial charge in [-0.3, -0.25) is 0 Å². The summed E-state index contributed by atoms with van der Waals surface area (Å²) >= 11 is 0. The number of rotatable bonds is 7. The molecule has 2 aliphatic heterocycles. The van der Waals surface area contributed by atoms with Crippen LogP contribution in [-0.4, -0.2) is 36.6 Å². The van der Waals surface area contributed by atoms with Gasteiger partial charge < -0.3 is 18.6 Å². The molecule has 1 atom stereocenters. The molecule has 2 saturated heterocycles. The van der Waals surface area contributed by atoms with Gasteiger partial charge in [0.2, 0.25) is 0 Å². The van der Waals surface area contributed by atoms with Gasteiger partial charge in [0, 0.05) is 5.72 Å². The predicted octanol–water partition coefficient (Wildman–Crippen LogP) is 5.30. The molecule has 0 bridgehead atoms. The Morgan fingerprint density at radius 2 is 1.00 bits per heavy atom. The summed E-state index contributed by atoms with van der Waals surface area (Å²) in [5, 5.41) is 0. The van der Waals surface area contributed by atoms with Gasteiger partial charge >= 0.3 is 14.2 Å². The Labute approximate surface area is 162 Å². The van der Waals surface area contributed by atoms with Crippen LogP contribution < -0.4 is 0 Å². The van der Waals surface area contributed by atoms with Gasteiger partial charge in [-0.1, -0.05) is 39.5 Å². The van der Waals surface area contributed by atoms with Crippen LogP contribution in [0, 0.1) is 5.92 Å². The van der Waals surface area contributed by atoms with E-state index in [9.17, 15) is 0 Å². The van der Waals surface area contributed by atoms with Gasteiger partial charge in [-0.25, -0.2) is 0 Å². The smallest absolute Gasteiger partial charge is 0.403 e. The van der Waals surface area contributed by atoms with E-state index in [-0.39, 0.29) is 42.4 Å². The van der Waals surface area contributed by atoms with Crippen molar-refractivity contribution in [2.45, 2.75) is 123 Å². The van der Waals surface area contributed by atoms with Crippen molar-refractivity contribution >= 4 is 14.2 Å². The van der Waals surface area contributed by atoms with E-state index in [2.05, 4.69) is 69.2 Å². The quantitative estimate of drug-likeness (QED) is 0.574. The third-order valence-corrected chi connectivity index (χ3v) is 7.17. The van der Waals surface area contributed by atoms with Crippen molar-refractivity contribution in [1.29, 1.82) is 0 Å². The van der Waals surface area contributed by atoms with Crippen LogP contribution in [0.2, 0.25) is 5.72 Å². The Morgan fingerprint density at radius 1 is 0.654 bits per heavy atom. The Morgan fingerprint density at radius 3 is 1.27 bits per heavy atom. The van der Waals surface area contributed by atoms with Gasteiger partial charge in [-0.2, -0.15) is 0 Å². The van der Waals surface area contributed by atoms with Gasteiger partial charge in [-0.05, 0) is 61.3 Å². The van der Waals surface area contributed by atoms with E-state index in [1.165, 1.54) is 12.8 Å². The van der Waals surface area contributed by atoms with Gasteiger partial charge in [-0.15, -0.1) is 0 Å². The molecular weight excluding hydrogens is 326 g/mol. The minimum Gasteiger partial charge on any atom is -0.403 e. The summed E-state index contributed by atoms with van der Waals surface area (Å²) in [6.45, 7) is 21.4. The zero-order valence-electron chi connectivity index (χ0n) is 18.8. The predicted molar refractivity (Wildman–Crippen MR) is 109 cm³/mol. The Hall–Kier alpha value is -0.0301. The summed E-state index contributed by atoms with van der Waals surface area (Å²) in [6.07, 6.45) is 4.61. The van der Waals surface area contributed by atoms with E-state index in [0.29, 0.717) is 5.92 Å². The minimum absolute atomic E-state index is 0.0636. The standard InChI is InChI=1S/C20H40B2O4/c1-11-13-14-15(12-2)16(21-23-17(3,4)18(5,6)24-21)22-25-19(7,8)20(9,10)26-22/h15-16H,11-14H2,1-10H3. The molecule has 4 nitrogen and oxygen atoms in total. The first-order valence-electron chi connectivity index (χ1n) is 10.5. The highest BCUT2D eigenvalue weighted by Crippen LogP contribution is 2.48. The van der Waals surface area contributed by atoms with Crippen LogP contribution in [0.3, 0.4) is 0 Å². The molecule has 0 aromatic carbocycles. The highest BCUT2D eigenvalue weighted by Gasteiger charge is 2.62. The Kier molecular flexibility index (Phi) is 6.35. The monoisotopic (exact) mass is 366 g/mol. The lowest BCUT2D eigenvalue weighted by atomic mass is 9.46. The van der Waals surface area contributed by atoms with E-state index in [1.807, 2.05) is 0 Å². The van der Waals surface area contributed by atoms with Gasteiger partial charge in [0.15, 0.2) is 0 Å². The SMILES string of the molecule is CCCCC(CC)C(B1OC(C)(C)C(C)(C)O1)B1OC(C)(C)C(C)(C)O1. The summed E-state index contributed by atoms with van der Waals surface area (Å²) in [6, 6.07) is 0. The summed E-state index contributed by atoms with van der Waals surface area (Å²) < 4.78 is 25.8. The molecule has 6 heteroatoms. The summed E-state index contributed by atoms with van der Waals surface area (Å²) in [5.41, 5.74) is -1.31. The highest BCUT2D eigenvalue weighted by molar-refractivity contribution is 6.68. The molecule has 0 aromatic heterocycles. The molecule has 2 fully saturated rings. The first-order chi connectivity index (χ1) is 11.8. The van der Waals surface area contributed by atoms with Gasteiger partial charge in [0.05, 0.1) is 22.4 Å². The maximum absolute atomic E-state index is 6.46. The molecular formula is C20H40B2O4. The fourth-order valence-electron chi connectivity index (χ4n) is 3.80. The lowest BCUT2D eigenvalue weighted by molar-refractivity contribution is 0.00578. The average molecular weight is 366 g/mol. The molecule has 1 unspecified atom stereocenters. The van der Waals surface area contributed by atoms with Crippen molar-refractivity contribution in [1.82, 2.24) is 0 Å². The molecule has 26 heavy (non-hydrogen) atoms. The van der Waals surface area contributed by atoms with Crippen molar-refractivity contribution in [3.63, 3.8) is 0 Å². The second-order valence-corrected chi connectivity index (χ2v) is 10.1. The lowest BCUT2D eigenvalue weighted by Crippen LogP contribution is -2.42. The molecule has 0 amide bonds. The normalized spacial score (nSPS) is 27.3.